The number of hydrogen-bond acceptors (Lipinski definition) is 2. The molecule has 0 bridgehead atoms. The highest BCUT2D eigenvalue weighted by atomic mass is 15.1. The van der Waals surface area contributed by atoms with Gasteiger partial charge in [0.1, 0.15) is 0 Å². The van der Waals surface area contributed by atoms with E-state index in [1.54, 1.807) is 11.1 Å². The van der Waals surface area contributed by atoms with E-state index in [0.717, 1.165) is 24.3 Å². The maximum absolute atomic E-state index is 4.27. The minimum absolute atomic E-state index is 0.609. The largest absolute Gasteiger partial charge is 0.372 e. The number of rotatable bonds is 2. The maximum Gasteiger partial charge on any atom is 0.0827 e. The highest BCUT2D eigenvalue weighted by Gasteiger charge is 2.53. The molecular formula is C15H18N2. The Hall–Kier alpha value is -1.31. The first-order valence-electron chi connectivity index (χ1n) is 6.75. The van der Waals surface area contributed by atoms with Crippen LogP contribution in [-0.4, -0.2) is 18.9 Å². The van der Waals surface area contributed by atoms with Crippen molar-refractivity contribution in [3.8, 4) is 0 Å². The summed E-state index contributed by atoms with van der Waals surface area (Å²) in [5.74, 6) is 2.74. The van der Waals surface area contributed by atoms with E-state index in [1.807, 2.05) is 6.34 Å². The van der Waals surface area contributed by atoms with Gasteiger partial charge in [0.15, 0.2) is 0 Å². The Kier molecular flexibility index (Phi) is 2.05. The predicted molar refractivity (Wildman–Crippen MR) is 69.4 cm³/mol. The molecule has 1 heterocycles. The Labute approximate surface area is 102 Å². The van der Waals surface area contributed by atoms with Crippen LogP contribution < -0.4 is 5.32 Å². The number of fused-ring (bicyclic) bond motifs is 3. The van der Waals surface area contributed by atoms with E-state index in [9.17, 15) is 0 Å². The van der Waals surface area contributed by atoms with Crippen LogP contribution in [0, 0.1) is 11.8 Å². The molecule has 17 heavy (non-hydrogen) atoms. The lowest BCUT2D eigenvalue weighted by atomic mass is 9.92. The van der Waals surface area contributed by atoms with Gasteiger partial charge in [0.25, 0.3) is 0 Å². The lowest BCUT2D eigenvalue weighted by Gasteiger charge is -2.13. The van der Waals surface area contributed by atoms with E-state index < -0.39 is 0 Å². The highest BCUT2D eigenvalue weighted by Crippen LogP contribution is 2.61. The molecule has 1 unspecified atom stereocenters. The average Bonchev–Trinajstić information content (AvgIpc) is 2.82. The molecule has 0 saturated heterocycles. The third-order valence-corrected chi connectivity index (χ3v) is 4.78. The van der Waals surface area contributed by atoms with Gasteiger partial charge in [-0.15, -0.1) is 0 Å². The second kappa shape index (κ2) is 3.59. The van der Waals surface area contributed by atoms with E-state index >= 15 is 0 Å². The predicted octanol–water partition coefficient (Wildman–Crippen LogP) is 2.35. The van der Waals surface area contributed by atoms with Crippen LogP contribution >= 0.6 is 0 Å². The number of hydrogen-bond donors (Lipinski definition) is 1. The van der Waals surface area contributed by atoms with Crippen molar-refractivity contribution in [3.05, 3.63) is 35.4 Å². The number of nitrogens with one attached hydrogen (secondary N) is 1. The van der Waals surface area contributed by atoms with Crippen molar-refractivity contribution in [3.63, 3.8) is 0 Å². The topological polar surface area (TPSA) is 24.4 Å². The third-order valence-electron chi connectivity index (χ3n) is 4.78. The van der Waals surface area contributed by atoms with E-state index in [2.05, 4.69) is 34.6 Å². The number of aryl methyl sites for hydroxylation is 1. The normalized spacial score (nSPS) is 37.2. The van der Waals surface area contributed by atoms with Crippen molar-refractivity contribution < 1.29 is 0 Å². The summed E-state index contributed by atoms with van der Waals surface area (Å²) < 4.78 is 0. The minimum atomic E-state index is 0.609. The fourth-order valence-corrected chi connectivity index (χ4v) is 3.89. The van der Waals surface area contributed by atoms with Crippen LogP contribution in [0.5, 0.6) is 0 Å². The summed E-state index contributed by atoms with van der Waals surface area (Å²) in [6.45, 7) is 0.984. The van der Waals surface area contributed by atoms with Gasteiger partial charge in [-0.3, -0.25) is 4.99 Å². The zero-order chi connectivity index (χ0) is 11.2. The second-order valence-electron chi connectivity index (χ2n) is 5.68. The first kappa shape index (κ1) is 9.69. The Morgan fingerprint density at radius 1 is 1.29 bits per heavy atom. The summed E-state index contributed by atoms with van der Waals surface area (Å²) in [4.78, 5) is 4.27. The molecule has 1 saturated carbocycles. The number of nitrogens with zero attached hydrogens (tertiary/aromatic N) is 1. The molecular weight excluding hydrogens is 208 g/mol. The Bertz CT molecular complexity index is 458. The summed E-state index contributed by atoms with van der Waals surface area (Å²) in [6.07, 6.45) is 5.89. The third kappa shape index (κ3) is 1.50. The molecule has 1 aliphatic heterocycles. The molecule has 1 fully saturated rings. The van der Waals surface area contributed by atoms with Gasteiger partial charge < -0.3 is 5.32 Å². The lowest BCUT2D eigenvalue weighted by molar-refractivity contribution is 0.522. The molecule has 88 valence electrons. The fraction of sp³-hybridized carbons (Fsp3) is 0.533. The Morgan fingerprint density at radius 3 is 3.12 bits per heavy atom. The molecule has 0 spiro atoms. The summed E-state index contributed by atoms with van der Waals surface area (Å²) in [7, 11) is 0. The zero-order valence-electron chi connectivity index (χ0n) is 9.97. The molecule has 1 N–H and O–H groups in total. The second-order valence-corrected chi connectivity index (χ2v) is 5.68. The molecule has 1 aromatic carbocycles. The molecule has 0 aromatic heterocycles. The SMILES string of the molecule is C1=NC[C@H](CC2[C@H]3CCc4ccccc4[C@H]23)N1. The molecule has 2 aliphatic carbocycles. The quantitative estimate of drug-likeness (QED) is 0.822. The molecule has 4 atom stereocenters. The Balaban J connectivity index is 1.52. The van der Waals surface area contributed by atoms with Gasteiger partial charge >= 0.3 is 0 Å². The average molecular weight is 226 g/mol. The Morgan fingerprint density at radius 2 is 2.24 bits per heavy atom. The monoisotopic (exact) mass is 226 g/mol. The van der Waals surface area contributed by atoms with Gasteiger partial charge in [0, 0.05) is 6.04 Å². The summed E-state index contributed by atoms with van der Waals surface area (Å²) in [6, 6.07) is 9.66. The summed E-state index contributed by atoms with van der Waals surface area (Å²) >= 11 is 0. The van der Waals surface area contributed by atoms with Crippen molar-refractivity contribution in [2.75, 3.05) is 6.54 Å². The first-order valence-corrected chi connectivity index (χ1v) is 6.75. The van der Waals surface area contributed by atoms with Crippen LogP contribution in [0.2, 0.25) is 0 Å². The molecule has 0 radical (unpaired) electrons. The van der Waals surface area contributed by atoms with Crippen LogP contribution in [0.3, 0.4) is 0 Å². The van der Waals surface area contributed by atoms with Gasteiger partial charge in [-0.1, -0.05) is 24.3 Å². The number of aliphatic imine (C=N–C) groups is 1. The van der Waals surface area contributed by atoms with Crippen LogP contribution in [0.25, 0.3) is 0 Å². The smallest absolute Gasteiger partial charge is 0.0827 e. The van der Waals surface area contributed by atoms with Gasteiger partial charge in [-0.25, -0.2) is 0 Å². The van der Waals surface area contributed by atoms with Crippen LogP contribution in [-0.2, 0) is 6.42 Å². The standard InChI is InChI=1S/C15H18N2/c1-2-4-12-10(3-1)5-6-13-14(15(12)13)7-11-8-16-9-17-11/h1-4,9,11,13-15H,5-8H2,(H,16,17)/t11-,13+,14?,15-/m0/s1. The maximum atomic E-state index is 4.27. The van der Waals surface area contributed by atoms with E-state index in [-0.39, 0.29) is 0 Å². The van der Waals surface area contributed by atoms with Crippen molar-refractivity contribution >= 4 is 6.34 Å². The molecule has 3 aliphatic rings. The molecule has 2 heteroatoms. The van der Waals surface area contributed by atoms with Crippen LogP contribution in [0.4, 0.5) is 0 Å². The first-order chi connectivity index (χ1) is 8.43. The van der Waals surface area contributed by atoms with Gasteiger partial charge in [-0.2, -0.15) is 0 Å². The van der Waals surface area contributed by atoms with E-state index in [4.69, 9.17) is 0 Å². The van der Waals surface area contributed by atoms with Gasteiger partial charge in [0.05, 0.1) is 12.9 Å². The fourth-order valence-electron chi connectivity index (χ4n) is 3.89. The zero-order valence-corrected chi connectivity index (χ0v) is 9.97. The van der Waals surface area contributed by atoms with E-state index in [1.165, 1.54) is 19.3 Å². The lowest BCUT2D eigenvalue weighted by Crippen LogP contribution is -2.25. The summed E-state index contributed by atoms with van der Waals surface area (Å²) in [5.41, 5.74) is 3.25. The van der Waals surface area contributed by atoms with Crippen molar-refractivity contribution in [2.24, 2.45) is 16.8 Å². The van der Waals surface area contributed by atoms with Crippen molar-refractivity contribution in [1.82, 2.24) is 5.32 Å². The minimum Gasteiger partial charge on any atom is -0.372 e. The molecule has 2 nitrogen and oxygen atoms in total. The van der Waals surface area contributed by atoms with Gasteiger partial charge in [0.2, 0.25) is 0 Å². The number of benzene rings is 1. The van der Waals surface area contributed by atoms with Crippen LogP contribution in [0.1, 0.15) is 29.9 Å². The van der Waals surface area contributed by atoms with Gasteiger partial charge in [-0.05, 0) is 48.1 Å². The molecule has 0 amide bonds. The summed E-state index contributed by atoms with van der Waals surface area (Å²) in [5, 5.41) is 3.37. The van der Waals surface area contributed by atoms with Crippen molar-refractivity contribution in [1.29, 1.82) is 0 Å². The van der Waals surface area contributed by atoms with E-state index in [0.29, 0.717) is 6.04 Å². The molecule has 1 aromatic rings. The van der Waals surface area contributed by atoms with Crippen LogP contribution in [0.15, 0.2) is 29.3 Å². The van der Waals surface area contributed by atoms with Crippen molar-refractivity contribution in [2.45, 2.75) is 31.2 Å². The highest BCUT2D eigenvalue weighted by molar-refractivity contribution is 5.57. The molecule has 4 rings (SSSR count).